The van der Waals surface area contributed by atoms with E-state index in [-0.39, 0.29) is 0 Å². The van der Waals surface area contributed by atoms with Gasteiger partial charge < -0.3 is 15.7 Å². The predicted molar refractivity (Wildman–Crippen MR) is 76.2 cm³/mol. The fraction of sp³-hybridized carbons (Fsp3) is 0.538. The maximum atomic E-state index is 9.90. The van der Waals surface area contributed by atoms with Crippen molar-refractivity contribution < 1.29 is 5.11 Å². The lowest BCUT2D eigenvalue weighted by molar-refractivity contribution is 0.0876. The summed E-state index contributed by atoms with van der Waals surface area (Å²) in [6.07, 6.45) is 0. The maximum absolute atomic E-state index is 9.90. The van der Waals surface area contributed by atoms with Crippen LogP contribution in [0.15, 0.2) is 22.7 Å². The summed E-state index contributed by atoms with van der Waals surface area (Å²) in [5.41, 5.74) is 7.13. The van der Waals surface area contributed by atoms with Crippen molar-refractivity contribution in [2.75, 3.05) is 18.0 Å². The third-order valence-corrected chi connectivity index (χ3v) is 2.96. The van der Waals surface area contributed by atoms with Crippen molar-refractivity contribution in [3.63, 3.8) is 0 Å². The highest BCUT2D eigenvalue weighted by Crippen LogP contribution is 2.24. The Kier molecular flexibility index (Phi) is 4.98. The first-order chi connectivity index (χ1) is 7.85. The van der Waals surface area contributed by atoms with Crippen LogP contribution in [-0.2, 0) is 6.54 Å². The van der Waals surface area contributed by atoms with Gasteiger partial charge in [0.05, 0.1) is 5.60 Å². The Balaban J connectivity index is 2.99. The van der Waals surface area contributed by atoms with Crippen molar-refractivity contribution in [3.8, 4) is 0 Å². The van der Waals surface area contributed by atoms with Gasteiger partial charge in [-0.05, 0) is 44.5 Å². The van der Waals surface area contributed by atoms with Crippen LogP contribution in [0.25, 0.3) is 0 Å². The largest absolute Gasteiger partial charge is 0.389 e. The number of benzene rings is 1. The smallest absolute Gasteiger partial charge is 0.0765 e. The molecule has 0 radical (unpaired) electrons. The second kappa shape index (κ2) is 5.85. The summed E-state index contributed by atoms with van der Waals surface area (Å²) in [6, 6.07) is 6.13. The lowest BCUT2D eigenvalue weighted by atomic mass is 10.1. The van der Waals surface area contributed by atoms with Crippen LogP contribution in [0.4, 0.5) is 5.69 Å². The number of rotatable bonds is 5. The first-order valence-corrected chi connectivity index (χ1v) is 6.62. The molecule has 1 aromatic rings. The van der Waals surface area contributed by atoms with E-state index in [0.717, 1.165) is 22.3 Å². The minimum absolute atomic E-state index is 0.520. The Bertz CT molecular complexity index is 374. The molecule has 0 heterocycles. The molecule has 0 unspecified atom stereocenters. The fourth-order valence-electron chi connectivity index (χ4n) is 1.79. The van der Waals surface area contributed by atoms with Gasteiger partial charge in [-0.3, -0.25) is 0 Å². The third-order valence-electron chi connectivity index (χ3n) is 2.50. The van der Waals surface area contributed by atoms with Gasteiger partial charge in [-0.1, -0.05) is 15.9 Å². The van der Waals surface area contributed by atoms with Crippen LogP contribution in [0.2, 0.25) is 0 Å². The molecule has 4 heteroatoms. The molecule has 0 bridgehead atoms. The molecule has 0 saturated carbocycles. The fourth-order valence-corrected chi connectivity index (χ4v) is 2.32. The molecule has 3 N–H and O–H groups in total. The van der Waals surface area contributed by atoms with E-state index >= 15 is 0 Å². The average molecular weight is 301 g/mol. The first-order valence-electron chi connectivity index (χ1n) is 5.82. The highest BCUT2D eigenvalue weighted by molar-refractivity contribution is 9.10. The lowest BCUT2D eigenvalue weighted by Crippen LogP contribution is -2.38. The summed E-state index contributed by atoms with van der Waals surface area (Å²) >= 11 is 3.49. The molecule has 0 saturated heterocycles. The van der Waals surface area contributed by atoms with E-state index in [1.807, 2.05) is 19.9 Å². The number of hydrogen-bond donors (Lipinski definition) is 2. The zero-order valence-corrected chi connectivity index (χ0v) is 12.3. The molecule has 0 aliphatic rings. The standard InChI is InChI=1S/C13H21BrN2O/c1-4-16(9-13(2,3)17)12-6-10(8-15)5-11(14)7-12/h5-7,17H,4,8-9,15H2,1-3H3. The number of anilines is 1. The van der Waals surface area contributed by atoms with Gasteiger partial charge in [-0.2, -0.15) is 0 Å². The summed E-state index contributed by atoms with van der Waals surface area (Å²) in [5, 5.41) is 9.90. The van der Waals surface area contributed by atoms with Crippen LogP contribution in [0.3, 0.4) is 0 Å². The van der Waals surface area contributed by atoms with Crippen LogP contribution < -0.4 is 10.6 Å². The van der Waals surface area contributed by atoms with Gasteiger partial charge in [0.15, 0.2) is 0 Å². The van der Waals surface area contributed by atoms with Crippen molar-refractivity contribution in [1.29, 1.82) is 0 Å². The predicted octanol–water partition coefficient (Wildman–Crippen LogP) is 2.50. The molecule has 0 aromatic heterocycles. The molecule has 17 heavy (non-hydrogen) atoms. The number of nitrogens with zero attached hydrogens (tertiary/aromatic N) is 1. The van der Waals surface area contributed by atoms with E-state index in [1.54, 1.807) is 0 Å². The van der Waals surface area contributed by atoms with Crippen LogP contribution in [0, 0.1) is 0 Å². The Morgan fingerprint density at radius 2 is 2.00 bits per heavy atom. The Morgan fingerprint density at radius 3 is 2.47 bits per heavy atom. The van der Waals surface area contributed by atoms with Gasteiger partial charge in [0.2, 0.25) is 0 Å². The van der Waals surface area contributed by atoms with Gasteiger partial charge >= 0.3 is 0 Å². The quantitative estimate of drug-likeness (QED) is 0.878. The summed E-state index contributed by atoms with van der Waals surface area (Å²) < 4.78 is 1.02. The van der Waals surface area contributed by atoms with Crippen LogP contribution in [-0.4, -0.2) is 23.8 Å². The Hall–Kier alpha value is -0.580. The maximum Gasteiger partial charge on any atom is 0.0765 e. The summed E-state index contributed by atoms with van der Waals surface area (Å²) in [6.45, 7) is 7.69. The highest BCUT2D eigenvalue weighted by Gasteiger charge is 2.18. The normalized spacial score (nSPS) is 11.6. The molecular weight excluding hydrogens is 280 g/mol. The number of aliphatic hydroxyl groups is 1. The van der Waals surface area contributed by atoms with Crippen LogP contribution in [0.1, 0.15) is 26.3 Å². The number of halogens is 1. The van der Waals surface area contributed by atoms with Crippen molar-refractivity contribution in [2.45, 2.75) is 32.9 Å². The van der Waals surface area contributed by atoms with Crippen molar-refractivity contribution in [1.82, 2.24) is 0 Å². The van der Waals surface area contributed by atoms with Gasteiger partial charge in [0.1, 0.15) is 0 Å². The number of nitrogens with two attached hydrogens (primary N) is 1. The van der Waals surface area contributed by atoms with Gasteiger partial charge in [0, 0.05) is 29.8 Å². The molecule has 0 spiro atoms. The van der Waals surface area contributed by atoms with Crippen molar-refractivity contribution in [2.24, 2.45) is 5.73 Å². The molecule has 0 atom stereocenters. The highest BCUT2D eigenvalue weighted by atomic mass is 79.9. The van der Waals surface area contributed by atoms with E-state index in [4.69, 9.17) is 5.73 Å². The molecule has 3 nitrogen and oxygen atoms in total. The van der Waals surface area contributed by atoms with E-state index < -0.39 is 5.60 Å². The SMILES string of the molecule is CCN(CC(C)(C)O)c1cc(Br)cc(CN)c1. The molecule has 0 amide bonds. The monoisotopic (exact) mass is 300 g/mol. The summed E-state index contributed by atoms with van der Waals surface area (Å²) in [5.74, 6) is 0. The van der Waals surface area contributed by atoms with Gasteiger partial charge in [-0.15, -0.1) is 0 Å². The first kappa shape index (κ1) is 14.5. The topological polar surface area (TPSA) is 49.5 Å². The molecule has 96 valence electrons. The zero-order chi connectivity index (χ0) is 13.1. The molecule has 0 aliphatic carbocycles. The third kappa shape index (κ3) is 4.66. The van der Waals surface area contributed by atoms with E-state index in [1.165, 1.54) is 0 Å². The van der Waals surface area contributed by atoms with Crippen molar-refractivity contribution >= 4 is 21.6 Å². The number of likely N-dealkylation sites (N-methyl/N-ethyl adjacent to an activating group) is 1. The van der Waals surface area contributed by atoms with E-state index in [0.29, 0.717) is 13.1 Å². The van der Waals surface area contributed by atoms with Gasteiger partial charge in [-0.25, -0.2) is 0 Å². The second-order valence-electron chi connectivity index (χ2n) is 4.85. The van der Waals surface area contributed by atoms with Crippen LogP contribution >= 0.6 is 15.9 Å². The average Bonchev–Trinajstić information content (AvgIpc) is 2.23. The second-order valence-corrected chi connectivity index (χ2v) is 5.76. The van der Waals surface area contributed by atoms with Crippen molar-refractivity contribution in [3.05, 3.63) is 28.2 Å². The summed E-state index contributed by atoms with van der Waals surface area (Å²) in [4.78, 5) is 2.14. The molecule has 0 fully saturated rings. The molecule has 1 aromatic carbocycles. The minimum atomic E-state index is -0.707. The Morgan fingerprint density at radius 1 is 1.35 bits per heavy atom. The molecule has 0 aliphatic heterocycles. The molecular formula is C13H21BrN2O. The summed E-state index contributed by atoms with van der Waals surface area (Å²) in [7, 11) is 0. The van der Waals surface area contributed by atoms with Crippen LogP contribution in [0.5, 0.6) is 0 Å². The zero-order valence-electron chi connectivity index (χ0n) is 10.7. The lowest BCUT2D eigenvalue weighted by Gasteiger charge is -2.30. The van der Waals surface area contributed by atoms with E-state index in [2.05, 4.69) is 39.9 Å². The number of hydrogen-bond acceptors (Lipinski definition) is 3. The van der Waals surface area contributed by atoms with Gasteiger partial charge in [0.25, 0.3) is 0 Å². The van der Waals surface area contributed by atoms with E-state index in [9.17, 15) is 5.11 Å². The Labute approximate surface area is 112 Å². The molecule has 1 rings (SSSR count). The minimum Gasteiger partial charge on any atom is -0.389 e.